The molecule has 0 unspecified atom stereocenters. The van der Waals surface area contributed by atoms with Crippen LogP contribution in [0.5, 0.6) is 0 Å². The molecule has 0 radical (unpaired) electrons. The highest BCUT2D eigenvalue weighted by Gasteiger charge is 2.30. The van der Waals surface area contributed by atoms with Gasteiger partial charge in [0.05, 0.1) is 15.3 Å². The standard InChI is InChI=1S/C20H14F6S2/c21-19(22,23)15-5-1-13(2-6-15)9-11-27-18-17(10-12-28-18)14-3-7-16(8-4-14)20(24,25)26/h1-8,10,12H,9,11H2. The van der Waals surface area contributed by atoms with Crippen molar-refractivity contribution in [3.8, 4) is 11.1 Å². The summed E-state index contributed by atoms with van der Waals surface area (Å²) in [5.74, 6) is 0.652. The molecule has 3 rings (SSSR count). The van der Waals surface area contributed by atoms with E-state index >= 15 is 0 Å². The van der Waals surface area contributed by atoms with Crippen LogP contribution < -0.4 is 0 Å². The van der Waals surface area contributed by atoms with Gasteiger partial charge in [0, 0.05) is 11.3 Å². The fourth-order valence-corrected chi connectivity index (χ4v) is 4.78. The molecule has 1 aromatic heterocycles. The molecule has 0 amide bonds. The van der Waals surface area contributed by atoms with E-state index in [-0.39, 0.29) is 0 Å². The third-order valence-electron chi connectivity index (χ3n) is 4.06. The highest BCUT2D eigenvalue weighted by molar-refractivity contribution is 8.01. The van der Waals surface area contributed by atoms with Crippen molar-refractivity contribution in [2.45, 2.75) is 23.0 Å². The fourth-order valence-electron chi connectivity index (χ4n) is 2.58. The molecular formula is C20H14F6S2. The van der Waals surface area contributed by atoms with Crippen LogP contribution in [0.15, 0.2) is 64.2 Å². The van der Waals surface area contributed by atoms with Crippen LogP contribution in [0, 0.1) is 0 Å². The molecule has 0 bridgehead atoms. The van der Waals surface area contributed by atoms with Crippen LogP contribution in [0.2, 0.25) is 0 Å². The molecule has 0 aliphatic heterocycles. The van der Waals surface area contributed by atoms with Crippen molar-refractivity contribution in [1.29, 1.82) is 0 Å². The Labute approximate surface area is 166 Å². The van der Waals surface area contributed by atoms with Crippen molar-refractivity contribution in [3.05, 3.63) is 76.7 Å². The van der Waals surface area contributed by atoms with Crippen LogP contribution in [-0.2, 0) is 18.8 Å². The van der Waals surface area contributed by atoms with Crippen molar-refractivity contribution in [2.75, 3.05) is 5.75 Å². The molecule has 0 saturated carbocycles. The second-order valence-corrected chi connectivity index (χ2v) is 8.27. The van der Waals surface area contributed by atoms with Crippen molar-refractivity contribution in [2.24, 2.45) is 0 Å². The summed E-state index contributed by atoms with van der Waals surface area (Å²) in [7, 11) is 0. The Bertz CT molecular complexity index is 906. The molecule has 0 aliphatic carbocycles. The van der Waals surface area contributed by atoms with Crippen LogP contribution in [0.3, 0.4) is 0 Å². The van der Waals surface area contributed by atoms with Gasteiger partial charge in [0.15, 0.2) is 0 Å². The van der Waals surface area contributed by atoms with Crippen LogP contribution in [-0.4, -0.2) is 5.75 Å². The van der Waals surface area contributed by atoms with Gasteiger partial charge in [-0.05, 0) is 53.3 Å². The number of halogens is 6. The number of hydrogen-bond acceptors (Lipinski definition) is 2. The molecule has 0 aliphatic rings. The third kappa shape index (κ3) is 5.11. The van der Waals surface area contributed by atoms with E-state index < -0.39 is 23.5 Å². The lowest BCUT2D eigenvalue weighted by atomic mass is 10.1. The summed E-state index contributed by atoms with van der Waals surface area (Å²) in [5, 5.41) is 1.87. The first-order valence-corrected chi connectivity index (χ1v) is 10.1. The van der Waals surface area contributed by atoms with Gasteiger partial charge in [-0.25, -0.2) is 0 Å². The predicted molar refractivity (Wildman–Crippen MR) is 101 cm³/mol. The summed E-state index contributed by atoms with van der Waals surface area (Å²) >= 11 is 3.02. The number of alkyl halides is 6. The Hall–Kier alpha value is -1.93. The Morgan fingerprint density at radius 1 is 0.714 bits per heavy atom. The molecular weight excluding hydrogens is 418 g/mol. The van der Waals surface area contributed by atoms with E-state index in [0.717, 1.165) is 39.6 Å². The first kappa shape index (κ1) is 20.8. The monoisotopic (exact) mass is 432 g/mol. The molecule has 1 heterocycles. The zero-order chi connectivity index (χ0) is 20.4. The van der Waals surface area contributed by atoms with E-state index in [9.17, 15) is 26.3 Å². The zero-order valence-electron chi connectivity index (χ0n) is 14.3. The molecule has 28 heavy (non-hydrogen) atoms. The summed E-state index contributed by atoms with van der Waals surface area (Å²) in [4.78, 5) is 0. The van der Waals surface area contributed by atoms with Gasteiger partial charge >= 0.3 is 12.4 Å². The van der Waals surface area contributed by atoms with Crippen LogP contribution >= 0.6 is 23.1 Å². The van der Waals surface area contributed by atoms with Gasteiger partial charge in [0.2, 0.25) is 0 Å². The predicted octanol–water partition coefficient (Wildman–Crippen LogP) is 7.79. The fraction of sp³-hybridized carbons (Fsp3) is 0.200. The Morgan fingerprint density at radius 3 is 1.79 bits per heavy atom. The summed E-state index contributed by atoms with van der Waals surface area (Å²) in [6.45, 7) is 0. The number of thiophene rings is 1. The summed E-state index contributed by atoms with van der Waals surface area (Å²) < 4.78 is 76.8. The number of hydrogen-bond donors (Lipinski definition) is 0. The average Bonchev–Trinajstić information content (AvgIpc) is 3.09. The molecule has 2 aromatic carbocycles. The molecule has 0 fully saturated rings. The molecule has 0 N–H and O–H groups in total. The minimum Gasteiger partial charge on any atom is -0.166 e. The lowest BCUT2D eigenvalue weighted by Gasteiger charge is -2.09. The van der Waals surface area contributed by atoms with E-state index in [0.29, 0.717) is 17.7 Å². The van der Waals surface area contributed by atoms with Crippen LogP contribution in [0.4, 0.5) is 26.3 Å². The number of aryl methyl sites for hydroxylation is 1. The highest BCUT2D eigenvalue weighted by atomic mass is 32.2. The highest BCUT2D eigenvalue weighted by Crippen LogP contribution is 2.38. The van der Waals surface area contributed by atoms with Crippen molar-refractivity contribution in [1.82, 2.24) is 0 Å². The molecule has 3 aromatic rings. The molecule has 0 spiro atoms. The molecule has 8 heteroatoms. The topological polar surface area (TPSA) is 0 Å². The number of benzene rings is 2. The number of rotatable bonds is 5. The summed E-state index contributed by atoms with van der Waals surface area (Å²) in [5.41, 5.74) is 0.991. The molecule has 148 valence electrons. The third-order valence-corrected chi connectivity index (χ3v) is 6.30. The maximum Gasteiger partial charge on any atom is 0.416 e. The van der Waals surface area contributed by atoms with E-state index in [4.69, 9.17) is 0 Å². The van der Waals surface area contributed by atoms with Gasteiger partial charge in [-0.2, -0.15) is 26.3 Å². The lowest BCUT2D eigenvalue weighted by Crippen LogP contribution is -2.04. The minimum absolute atomic E-state index is 0.590. The van der Waals surface area contributed by atoms with Gasteiger partial charge in [-0.3, -0.25) is 0 Å². The molecule has 0 atom stereocenters. The van der Waals surface area contributed by atoms with Gasteiger partial charge in [-0.15, -0.1) is 23.1 Å². The van der Waals surface area contributed by atoms with Gasteiger partial charge < -0.3 is 0 Å². The van der Waals surface area contributed by atoms with Crippen LogP contribution in [0.25, 0.3) is 11.1 Å². The maximum absolute atomic E-state index is 12.7. The smallest absolute Gasteiger partial charge is 0.166 e. The second kappa shape index (κ2) is 8.21. The maximum atomic E-state index is 12.7. The van der Waals surface area contributed by atoms with E-state index in [1.807, 2.05) is 11.4 Å². The number of thioether (sulfide) groups is 1. The first-order chi connectivity index (χ1) is 13.1. The minimum atomic E-state index is -4.37. The van der Waals surface area contributed by atoms with Gasteiger partial charge in [0.1, 0.15) is 0 Å². The van der Waals surface area contributed by atoms with Crippen molar-refractivity contribution >= 4 is 23.1 Å². The SMILES string of the molecule is FC(F)(F)c1ccc(CCSc2sccc2-c2ccc(C(F)(F)F)cc2)cc1. The lowest BCUT2D eigenvalue weighted by molar-refractivity contribution is -0.138. The van der Waals surface area contributed by atoms with Gasteiger partial charge in [-0.1, -0.05) is 24.3 Å². The Morgan fingerprint density at radius 2 is 1.25 bits per heavy atom. The van der Waals surface area contributed by atoms with E-state index in [2.05, 4.69) is 0 Å². The van der Waals surface area contributed by atoms with E-state index in [1.165, 1.54) is 47.4 Å². The van der Waals surface area contributed by atoms with E-state index in [1.54, 1.807) is 0 Å². The van der Waals surface area contributed by atoms with Gasteiger partial charge in [0.25, 0.3) is 0 Å². The molecule has 0 nitrogen and oxygen atoms in total. The Kier molecular flexibility index (Phi) is 6.09. The zero-order valence-corrected chi connectivity index (χ0v) is 15.9. The largest absolute Gasteiger partial charge is 0.416 e. The summed E-state index contributed by atoms with van der Waals surface area (Å²) in [6, 6.07) is 11.9. The normalized spacial score (nSPS) is 12.4. The second-order valence-electron chi connectivity index (χ2n) is 5.99. The quantitative estimate of drug-likeness (QED) is 0.293. The molecule has 0 saturated heterocycles. The first-order valence-electron chi connectivity index (χ1n) is 8.18. The van der Waals surface area contributed by atoms with Crippen molar-refractivity contribution in [3.63, 3.8) is 0 Å². The Balaban J connectivity index is 1.63. The average molecular weight is 432 g/mol. The summed E-state index contributed by atoms with van der Waals surface area (Å²) in [6.07, 6.45) is -8.12. The van der Waals surface area contributed by atoms with Crippen LogP contribution in [0.1, 0.15) is 16.7 Å². The van der Waals surface area contributed by atoms with Crippen molar-refractivity contribution < 1.29 is 26.3 Å².